The number of β-amino-alcohol motifs (C(OH)–C–C–N with tert-alkyl or cyclic N) is 1. The summed E-state index contributed by atoms with van der Waals surface area (Å²) in [6.45, 7) is 1.93. The molecule has 4 nitrogen and oxygen atoms in total. The van der Waals surface area contributed by atoms with Crippen LogP contribution in [0, 0.1) is 11.6 Å². The lowest BCUT2D eigenvalue weighted by Crippen LogP contribution is -2.36. The van der Waals surface area contributed by atoms with Crippen LogP contribution in [0.4, 0.5) is 8.78 Å². The van der Waals surface area contributed by atoms with Crippen LogP contribution in [0.15, 0.2) is 42.7 Å². The molecule has 1 unspecified atom stereocenters. The lowest BCUT2D eigenvalue weighted by Gasteiger charge is -2.33. The first-order valence-corrected chi connectivity index (χ1v) is 8.89. The highest BCUT2D eigenvalue weighted by atomic mass is 19.1. The van der Waals surface area contributed by atoms with Crippen molar-refractivity contribution in [2.75, 3.05) is 19.6 Å². The average Bonchev–Trinajstić information content (AvgIpc) is 3.08. The van der Waals surface area contributed by atoms with Crippen LogP contribution >= 0.6 is 0 Å². The van der Waals surface area contributed by atoms with Crippen molar-refractivity contribution in [3.8, 4) is 0 Å². The third-order valence-electron chi connectivity index (χ3n) is 5.26. The quantitative estimate of drug-likeness (QED) is 0.748. The highest BCUT2D eigenvalue weighted by Gasteiger charge is 2.25. The lowest BCUT2D eigenvalue weighted by molar-refractivity contribution is 0.0946. The number of aliphatic hydroxyl groups is 1. The number of aromatic amines is 1. The van der Waals surface area contributed by atoms with Crippen LogP contribution < -0.4 is 0 Å². The van der Waals surface area contributed by atoms with E-state index < -0.39 is 17.7 Å². The van der Waals surface area contributed by atoms with Gasteiger partial charge in [0.15, 0.2) is 0 Å². The number of likely N-dealkylation sites (tertiary alicyclic amines) is 1. The summed E-state index contributed by atoms with van der Waals surface area (Å²) in [7, 11) is 0. The largest absolute Gasteiger partial charge is 0.387 e. The van der Waals surface area contributed by atoms with Gasteiger partial charge in [-0.15, -0.1) is 0 Å². The number of rotatable bonds is 4. The van der Waals surface area contributed by atoms with Gasteiger partial charge in [-0.1, -0.05) is 0 Å². The Labute approximate surface area is 150 Å². The molecule has 1 aromatic carbocycles. The molecule has 1 fully saturated rings. The number of hydrogen-bond acceptors (Lipinski definition) is 3. The van der Waals surface area contributed by atoms with Gasteiger partial charge in [-0.05, 0) is 67.7 Å². The molecule has 2 aromatic heterocycles. The van der Waals surface area contributed by atoms with E-state index in [0.29, 0.717) is 12.5 Å². The fraction of sp³-hybridized carbons (Fsp3) is 0.350. The van der Waals surface area contributed by atoms with Gasteiger partial charge in [-0.25, -0.2) is 13.8 Å². The van der Waals surface area contributed by atoms with Gasteiger partial charge in [0.05, 0.1) is 6.10 Å². The van der Waals surface area contributed by atoms with Gasteiger partial charge in [0.1, 0.15) is 17.3 Å². The molecule has 0 bridgehead atoms. The Bertz CT molecular complexity index is 903. The van der Waals surface area contributed by atoms with Crippen molar-refractivity contribution in [2.24, 2.45) is 0 Å². The molecule has 4 rings (SSSR count). The zero-order valence-corrected chi connectivity index (χ0v) is 14.3. The van der Waals surface area contributed by atoms with Crippen molar-refractivity contribution in [2.45, 2.75) is 24.9 Å². The van der Waals surface area contributed by atoms with Gasteiger partial charge in [-0.3, -0.25) is 0 Å². The third kappa shape index (κ3) is 3.34. The molecule has 1 aliphatic heterocycles. The van der Waals surface area contributed by atoms with Gasteiger partial charge in [0.25, 0.3) is 0 Å². The van der Waals surface area contributed by atoms with Crippen molar-refractivity contribution in [3.05, 3.63) is 65.5 Å². The maximum Gasteiger partial charge on any atom is 0.137 e. The number of halogens is 2. The van der Waals surface area contributed by atoms with Crippen molar-refractivity contribution >= 4 is 11.0 Å². The SMILES string of the molecule is OC(CN1CCC(c2c[nH]c3ncccc23)CC1)c1cc(F)ccc1F. The number of benzene rings is 1. The smallest absolute Gasteiger partial charge is 0.137 e. The third-order valence-corrected chi connectivity index (χ3v) is 5.26. The first kappa shape index (κ1) is 17.1. The second-order valence-electron chi connectivity index (χ2n) is 6.90. The summed E-state index contributed by atoms with van der Waals surface area (Å²) in [5, 5.41) is 11.5. The van der Waals surface area contributed by atoms with E-state index in [-0.39, 0.29) is 5.56 Å². The average molecular weight is 357 g/mol. The maximum atomic E-state index is 13.8. The van der Waals surface area contributed by atoms with E-state index in [1.165, 1.54) is 5.56 Å². The summed E-state index contributed by atoms with van der Waals surface area (Å²) < 4.78 is 27.1. The zero-order chi connectivity index (χ0) is 18.1. The normalized spacial score (nSPS) is 17.7. The van der Waals surface area contributed by atoms with E-state index in [9.17, 15) is 13.9 Å². The number of piperidine rings is 1. The first-order valence-electron chi connectivity index (χ1n) is 8.89. The van der Waals surface area contributed by atoms with E-state index in [2.05, 4.69) is 20.9 Å². The second kappa shape index (κ2) is 7.13. The standard InChI is InChI=1S/C20H21F2N3O/c21-14-3-4-18(22)16(10-14)19(26)12-25-8-5-13(6-9-25)17-11-24-20-15(17)2-1-7-23-20/h1-4,7,10-11,13,19,26H,5-6,8-9,12H2,(H,23,24). The Morgan fingerprint density at radius 2 is 2.04 bits per heavy atom. The van der Waals surface area contributed by atoms with Crippen LogP contribution in [-0.4, -0.2) is 39.6 Å². The molecule has 3 aromatic rings. The molecule has 3 heterocycles. The number of aromatic nitrogens is 2. The molecule has 0 aliphatic carbocycles. The van der Waals surface area contributed by atoms with Crippen LogP contribution in [0.5, 0.6) is 0 Å². The van der Waals surface area contributed by atoms with Crippen LogP contribution in [0.25, 0.3) is 11.0 Å². The molecule has 136 valence electrons. The minimum atomic E-state index is -1.03. The molecule has 1 aliphatic rings. The Balaban J connectivity index is 1.40. The van der Waals surface area contributed by atoms with Crippen molar-refractivity contribution < 1.29 is 13.9 Å². The van der Waals surface area contributed by atoms with Gasteiger partial charge in [0.2, 0.25) is 0 Å². The predicted molar refractivity (Wildman–Crippen MR) is 95.8 cm³/mol. The zero-order valence-electron chi connectivity index (χ0n) is 14.3. The molecule has 0 spiro atoms. The summed E-state index contributed by atoms with van der Waals surface area (Å²) >= 11 is 0. The Morgan fingerprint density at radius 1 is 1.23 bits per heavy atom. The number of nitrogens with one attached hydrogen (secondary N) is 1. The molecule has 0 saturated carbocycles. The van der Waals surface area contributed by atoms with Crippen molar-refractivity contribution in [1.29, 1.82) is 0 Å². The fourth-order valence-corrected chi connectivity index (χ4v) is 3.85. The highest BCUT2D eigenvalue weighted by Crippen LogP contribution is 2.33. The summed E-state index contributed by atoms with van der Waals surface area (Å²) in [5.41, 5.74) is 2.21. The number of nitrogens with zero attached hydrogens (tertiary/aromatic N) is 2. The summed E-state index contributed by atoms with van der Waals surface area (Å²) in [6.07, 6.45) is 4.70. The first-order chi connectivity index (χ1) is 12.6. The minimum Gasteiger partial charge on any atom is -0.387 e. The Hall–Kier alpha value is -2.31. The van der Waals surface area contributed by atoms with E-state index in [4.69, 9.17) is 0 Å². The number of fused-ring (bicyclic) bond motifs is 1. The fourth-order valence-electron chi connectivity index (χ4n) is 3.85. The van der Waals surface area contributed by atoms with Crippen molar-refractivity contribution in [3.63, 3.8) is 0 Å². The Morgan fingerprint density at radius 3 is 2.85 bits per heavy atom. The molecule has 0 radical (unpaired) electrons. The number of aliphatic hydroxyl groups excluding tert-OH is 1. The van der Waals surface area contributed by atoms with E-state index in [1.54, 1.807) is 6.20 Å². The summed E-state index contributed by atoms with van der Waals surface area (Å²) in [6, 6.07) is 7.22. The molecule has 1 saturated heterocycles. The monoisotopic (exact) mass is 357 g/mol. The molecule has 0 amide bonds. The van der Waals surface area contributed by atoms with Crippen LogP contribution in [0.1, 0.15) is 36.0 Å². The van der Waals surface area contributed by atoms with Crippen LogP contribution in [0.2, 0.25) is 0 Å². The topological polar surface area (TPSA) is 52.1 Å². The van der Waals surface area contributed by atoms with Crippen molar-refractivity contribution in [1.82, 2.24) is 14.9 Å². The van der Waals surface area contributed by atoms with Gasteiger partial charge < -0.3 is 15.0 Å². The molecule has 6 heteroatoms. The molecular formula is C20H21F2N3O. The van der Waals surface area contributed by atoms with Gasteiger partial charge >= 0.3 is 0 Å². The maximum absolute atomic E-state index is 13.8. The number of hydrogen-bond donors (Lipinski definition) is 2. The van der Waals surface area contributed by atoms with E-state index in [1.807, 2.05) is 12.3 Å². The molecule has 2 N–H and O–H groups in total. The molecule has 26 heavy (non-hydrogen) atoms. The lowest BCUT2D eigenvalue weighted by atomic mass is 9.89. The highest BCUT2D eigenvalue weighted by molar-refractivity contribution is 5.80. The van der Waals surface area contributed by atoms with Crippen LogP contribution in [-0.2, 0) is 0 Å². The van der Waals surface area contributed by atoms with Crippen LogP contribution in [0.3, 0.4) is 0 Å². The van der Waals surface area contributed by atoms with E-state index >= 15 is 0 Å². The molecular weight excluding hydrogens is 336 g/mol. The minimum absolute atomic E-state index is 0.0230. The Kier molecular flexibility index (Phi) is 4.70. The second-order valence-corrected chi connectivity index (χ2v) is 6.90. The number of pyridine rings is 1. The number of H-pyrrole nitrogens is 1. The van der Waals surface area contributed by atoms with E-state index in [0.717, 1.165) is 55.2 Å². The molecule has 1 atom stereocenters. The van der Waals surface area contributed by atoms with Gasteiger partial charge in [-0.2, -0.15) is 0 Å². The van der Waals surface area contributed by atoms with Gasteiger partial charge in [0, 0.05) is 29.9 Å². The predicted octanol–water partition coefficient (Wildman–Crippen LogP) is 3.75. The summed E-state index contributed by atoms with van der Waals surface area (Å²) in [4.78, 5) is 9.66. The summed E-state index contributed by atoms with van der Waals surface area (Å²) in [5.74, 6) is -0.667.